The van der Waals surface area contributed by atoms with E-state index < -0.39 is 9.05 Å². The summed E-state index contributed by atoms with van der Waals surface area (Å²) in [5, 5.41) is 4.00. The normalized spacial score (nSPS) is 14.2. The summed E-state index contributed by atoms with van der Waals surface area (Å²) in [5.41, 5.74) is 2.16. The Morgan fingerprint density at radius 2 is 2.00 bits per heavy atom. The number of nitrogens with zero attached hydrogens (tertiary/aromatic N) is 1. The van der Waals surface area contributed by atoms with Crippen LogP contribution < -0.4 is 4.74 Å². The van der Waals surface area contributed by atoms with Crippen molar-refractivity contribution in [2.75, 3.05) is 0 Å². The third-order valence-corrected chi connectivity index (χ3v) is 4.64. The highest BCUT2D eigenvalue weighted by Gasteiger charge is 2.21. The molecule has 5 nitrogen and oxygen atoms in total. The lowest BCUT2D eigenvalue weighted by atomic mass is 10.2. The van der Waals surface area contributed by atoms with Crippen LogP contribution in [0.3, 0.4) is 0 Å². The molecular weight excluding hydrogens is 302 g/mol. The van der Waals surface area contributed by atoms with Crippen LogP contribution in [0.1, 0.15) is 23.4 Å². The third kappa shape index (κ3) is 2.66. The minimum Gasteiger partial charge on any atom is -0.486 e. The van der Waals surface area contributed by atoms with Crippen molar-refractivity contribution >= 4 is 19.7 Å². The molecule has 2 aromatic rings. The van der Waals surface area contributed by atoms with Crippen LogP contribution in [0.5, 0.6) is 5.75 Å². The van der Waals surface area contributed by atoms with Crippen LogP contribution in [0.15, 0.2) is 33.7 Å². The first kappa shape index (κ1) is 13.5. The Balaban J connectivity index is 1.69. The van der Waals surface area contributed by atoms with Gasteiger partial charge in [0.15, 0.2) is 5.76 Å². The molecule has 0 spiro atoms. The third-order valence-electron chi connectivity index (χ3n) is 3.27. The van der Waals surface area contributed by atoms with E-state index in [9.17, 15) is 8.42 Å². The van der Waals surface area contributed by atoms with E-state index in [2.05, 4.69) is 5.16 Å². The monoisotopic (exact) mass is 313 g/mol. The van der Waals surface area contributed by atoms with Crippen molar-refractivity contribution < 1.29 is 17.7 Å². The van der Waals surface area contributed by atoms with Gasteiger partial charge in [0.1, 0.15) is 12.4 Å². The van der Waals surface area contributed by atoms with Crippen LogP contribution >= 0.6 is 10.7 Å². The van der Waals surface area contributed by atoms with Gasteiger partial charge in [-0.05, 0) is 43.5 Å². The molecule has 0 aliphatic heterocycles. The molecule has 0 radical (unpaired) electrons. The van der Waals surface area contributed by atoms with E-state index in [0.717, 1.165) is 36.3 Å². The molecule has 0 saturated heterocycles. The van der Waals surface area contributed by atoms with Crippen molar-refractivity contribution in [1.29, 1.82) is 0 Å². The van der Waals surface area contributed by atoms with E-state index in [0.29, 0.717) is 5.75 Å². The molecule has 0 unspecified atom stereocenters. The highest BCUT2D eigenvalue weighted by Crippen LogP contribution is 2.26. The number of ether oxygens (including phenoxy) is 1. The van der Waals surface area contributed by atoms with Crippen LogP contribution in [0.4, 0.5) is 0 Å². The van der Waals surface area contributed by atoms with E-state index >= 15 is 0 Å². The number of hydrogen-bond donors (Lipinski definition) is 0. The number of halogens is 1. The van der Waals surface area contributed by atoms with Crippen LogP contribution in [0, 0.1) is 0 Å². The topological polar surface area (TPSA) is 69.4 Å². The number of aromatic nitrogens is 1. The van der Waals surface area contributed by atoms with Gasteiger partial charge in [0.05, 0.1) is 10.6 Å². The largest absolute Gasteiger partial charge is 0.486 e. The number of aryl methyl sites for hydroxylation is 1. The van der Waals surface area contributed by atoms with Gasteiger partial charge in [0.25, 0.3) is 9.05 Å². The summed E-state index contributed by atoms with van der Waals surface area (Å²) in [6.07, 6.45) is 3.03. The SMILES string of the molecule is O=S(=O)(Cl)c1ccc(OCc2onc3c2CCC3)cc1. The minimum atomic E-state index is -3.70. The second kappa shape index (κ2) is 5.10. The minimum absolute atomic E-state index is 0.0482. The maximum absolute atomic E-state index is 11.1. The van der Waals surface area contributed by atoms with Gasteiger partial charge < -0.3 is 9.26 Å². The molecule has 1 aromatic carbocycles. The predicted octanol–water partition coefficient (Wildman–Crippen LogP) is 2.67. The fraction of sp³-hybridized carbons (Fsp3) is 0.308. The predicted molar refractivity (Wildman–Crippen MR) is 72.3 cm³/mol. The molecule has 106 valence electrons. The molecule has 3 rings (SSSR count). The Bertz CT molecular complexity index is 721. The van der Waals surface area contributed by atoms with E-state index in [1.54, 1.807) is 12.1 Å². The molecule has 1 aromatic heterocycles. The average Bonchev–Trinajstić information content (AvgIpc) is 2.99. The maximum atomic E-state index is 11.1. The van der Waals surface area contributed by atoms with Crippen molar-refractivity contribution in [3.63, 3.8) is 0 Å². The van der Waals surface area contributed by atoms with Gasteiger partial charge in [-0.15, -0.1) is 0 Å². The Kier molecular flexibility index (Phi) is 3.43. The van der Waals surface area contributed by atoms with Crippen molar-refractivity contribution in [2.24, 2.45) is 0 Å². The highest BCUT2D eigenvalue weighted by molar-refractivity contribution is 8.13. The Morgan fingerprint density at radius 1 is 1.25 bits per heavy atom. The Labute approximate surface area is 120 Å². The Morgan fingerprint density at radius 3 is 2.70 bits per heavy atom. The molecule has 0 atom stereocenters. The van der Waals surface area contributed by atoms with Crippen LogP contribution in [-0.2, 0) is 28.5 Å². The van der Waals surface area contributed by atoms with Crippen LogP contribution in [-0.4, -0.2) is 13.6 Å². The van der Waals surface area contributed by atoms with E-state index in [4.69, 9.17) is 19.9 Å². The van der Waals surface area contributed by atoms with E-state index in [1.807, 2.05) is 0 Å². The van der Waals surface area contributed by atoms with Gasteiger partial charge in [0.2, 0.25) is 0 Å². The number of fused-ring (bicyclic) bond motifs is 1. The summed E-state index contributed by atoms with van der Waals surface area (Å²) >= 11 is 0. The average molecular weight is 314 g/mol. The molecule has 1 aliphatic rings. The smallest absolute Gasteiger partial charge is 0.261 e. The number of benzene rings is 1. The zero-order valence-electron chi connectivity index (χ0n) is 10.5. The summed E-state index contributed by atoms with van der Waals surface area (Å²) in [4.78, 5) is 0.0482. The van der Waals surface area contributed by atoms with Crippen molar-refractivity contribution in [1.82, 2.24) is 5.16 Å². The number of rotatable bonds is 4. The van der Waals surface area contributed by atoms with Crippen LogP contribution in [0.25, 0.3) is 0 Å². The summed E-state index contributed by atoms with van der Waals surface area (Å²) in [6, 6.07) is 5.93. The van der Waals surface area contributed by atoms with Crippen LogP contribution in [0.2, 0.25) is 0 Å². The Hall–Kier alpha value is -1.53. The standard InChI is InChI=1S/C13H12ClNO4S/c14-20(16,17)10-6-4-9(5-7-10)18-8-13-11-2-1-3-12(11)15-19-13/h4-7H,1-3,8H2. The summed E-state index contributed by atoms with van der Waals surface area (Å²) < 4.78 is 33.1. The molecule has 0 N–H and O–H groups in total. The van der Waals surface area contributed by atoms with Gasteiger partial charge in [-0.3, -0.25) is 0 Å². The lowest BCUT2D eigenvalue weighted by Crippen LogP contribution is -1.97. The number of hydrogen-bond acceptors (Lipinski definition) is 5. The quantitative estimate of drug-likeness (QED) is 0.812. The summed E-state index contributed by atoms with van der Waals surface area (Å²) in [7, 11) is 1.54. The van der Waals surface area contributed by atoms with Gasteiger partial charge in [-0.25, -0.2) is 8.42 Å². The van der Waals surface area contributed by atoms with Gasteiger partial charge in [-0.1, -0.05) is 5.16 Å². The zero-order valence-corrected chi connectivity index (χ0v) is 12.1. The molecule has 0 saturated carbocycles. The highest BCUT2D eigenvalue weighted by atomic mass is 35.7. The van der Waals surface area contributed by atoms with Gasteiger partial charge in [-0.2, -0.15) is 0 Å². The molecular formula is C13H12ClNO4S. The lowest BCUT2D eigenvalue weighted by molar-refractivity contribution is 0.246. The second-order valence-electron chi connectivity index (χ2n) is 4.58. The van der Waals surface area contributed by atoms with Gasteiger partial charge >= 0.3 is 0 Å². The second-order valence-corrected chi connectivity index (χ2v) is 7.15. The van der Waals surface area contributed by atoms with E-state index in [-0.39, 0.29) is 11.5 Å². The molecule has 0 bridgehead atoms. The first-order chi connectivity index (χ1) is 9.54. The lowest BCUT2D eigenvalue weighted by Gasteiger charge is -2.05. The van der Waals surface area contributed by atoms with Crippen molar-refractivity contribution in [3.05, 3.63) is 41.3 Å². The van der Waals surface area contributed by atoms with Crippen molar-refractivity contribution in [3.8, 4) is 5.75 Å². The molecule has 1 heterocycles. The molecule has 0 fully saturated rings. The fourth-order valence-electron chi connectivity index (χ4n) is 2.25. The van der Waals surface area contributed by atoms with Crippen molar-refractivity contribution in [2.45, 2.75) is 30.8 Å². The molecule has 1 aliphatic carbocycles. The zero-order chi connectivity index (χ0) is 14.2. The first-order valence-corrected chi connectivity index (χ1v) is 8.49. The summed E-state index contributed by atoms with van der Waals surface area (Å²) in [5.74, 6) is 1.30. The maximum Gasteiger partial charge on any atom is 0.261 e. The molecule has 7 heteroatoms. The molecule has 0 amide bonds. The fourth-order valence-corrected chi connectivity index (χ4v) is 3.02. The van der Waals surface area contributed by atoms with Gasteiger partial charge in [0, 0.05) is 16.2 Å². The summed E-state index contributed by atoms with van der Waals surface area (Å²) in [6.45, 7) is 0.287. The molecule has 20 heavy (non-hydrogen) atoms. The van der Waals surface area contributed by atoms with E-state index in [1.165, 1.54) is 12.1 Å². The first-order valence-electron chi connectivity index (χ1n) is 6.18.